The van der Waals surface area contributed by atoms with Crippen LogP contribution in [0, 0.1) is 5.92 Å². The van der Waals surface area contributed by atoms with Gasteiger partial charge >= 0.3 is 12.1 Å². The molecule has 0 heterocycles. The van der Waals surface area contributed by atoms with Crippen LogP contribution < -0.4 is 10.6 Å². The van der Waals surface area contributed by atoms with Crippen molar-refractivity contribution in [3.63, 3.8) is 0 Å². The third-order valence-corrected chi connectivity index (χ3v) is 6.65. The van der Waals surface area contributed by atoms with Crippen molar-refractivity contribution in [3.05, 3.63) is 87.9 Å². The van der Waals surface area contributed by atoms with Crippen LogP contribution in [-0.2, 0) is 9.53 Å². The van der Waals surface area contributed by atoms with E-state index in [-0.39, 0.29) is 42.9 Å². The van der Waals surface area contributed by atoms with E-state index in [1.807, 2.05) is 31.2 Å². The van der Waals surface area contributed by atoms with Crippen molar-refractivity contribution >= 4 is 39.6 Å². The summed E-state index contributed by atoms with van der Waals surface area (Å²) in [7, 11) is 0. The highest BCUT2D eigenvalue weighted by molar-refractivity contribution is 9.10. The third kappa shape index (κ3) is 5.71. The average Bonchev–Trinajstić information content (AvgIpc) is 3.16. The average molecular weight is 537 g/mol. The van der Waals surface area contributed by atoms with Crippen molar-refractivity contribution in [1.82, 2.24) is 5.32 Å². The predicted octanol–water partition coefficient (Wildman–Crippen LogP) is 5.65. The fourth-order valence-corrected chi connectivity index (χ4v) is 4.60. The maximum atomic E-state index is 12.4. The van der Waals surface area contributed by atoms with E-state index in [0.717, 1.165) is 22.3 Å². The van der Waals surface area contributed by atoms with Crippen molar-refractivity contribution in [2.75, 3.05) is 18.5 Å². The Hall–Kier alpha value is -3.65. The molecule has 0 saturated carbocycles. The Morgan fingerprint density at radius 1 is 1.00 bits per heavy atom. The molecule has 35 heavy (non-hydrogen) atoms. The number of amides is 2. The van der Waals surface area contributed by atoms with Gasteiger partial charge in [-0.15, -0.1) is 0 Å². The summed E-state index contributed by atoms with van der Waals surface area (Å²) in [5.41, 5.74) is 5.07. The first kappa shape index (κ1) is 24.5. The zero-order chi connectivity index (χ0) is 24.9. The molecule has 0 aliphatic heterocycles. The molecule has 0 spiro atoms. The molecule has 0 radical (unpaired) electrons. The molecule has 1 aliphatic carbocycles. The summed E-state index contributed by atoms with van der Waals surface area (Å²) in [5.74, 6) is -1.53. The Bertz CT molecular complexity index is 1230. The van der Waals surface area contributed by atoms with E-state index in [2.05, 4.69) is 50.8 Å². The van der Waals surface area contributed by atoms with Gasteiger partial charge < -0.3 is 20.5 Å². The van der Waals surface area contributed by atoms with Gasteiger partial charge in [0, 0.05) is 23.4 Å². The summed E-state index contributed by atoms with van der Waals surface area (Å²) in [6.07, 6.45) is -0.385. The lowest BCUT2D eigenvalue weighted by molar-refractivity contribution is -0.117. The molecule has 180 valence electrons. The number of fused-ring (bicyclic) bond motifs is 3. The number of halogens is 1. The monoisotopic (exact) mass is 536 g/mol. The Balaban J connectivity index is 1.26. The number of nitrogens with one attached hydrogen (secondary N) is 2. The van der Waals surface area contributed by atoms with Gasteiger partial charge in [-0.25, -0.2) is 9.59 Å². The minimum Gasteiger partial charge on any atom is -0.478 e. The number of alkyl carbamates (subject to hydrolysis) is 1. The van der Waals surface area contributed by atoms with Gasteiger partial charge in [0.2, 0.25) is 5.91 Å². The predicted molar refractivity (Wildman–Crippen MR) is 137 cm³/mol. The van der Waals surface area contributed by atoms with Crippen LogP contribution in [0.4, 0.5) is 10.5 Å². The fourth-order valence-electron chi connectivity index (χ4n) is 4.25. The van der Waals surface area contributed by atoms with E-state index in [9.17, 15) is 14.4 Å². The fraction of sp³-hybridized carbons (Fsp3) is 0.222. The summed E-state index contributed by atoms with van der Waals surface area (Å²) in [4.78, 5) is 35.9. The Labute approximate surface area is 211 Å². The molecule has 7 nitrogen and oxygen atoms in total. The Morgan fingerprint density at radius 2 is 1.63 bits per heavy atom. The van der Waals surface area contributed by atoms with Crippen LogP contribution in [0.5, 0.6) is 0 Å². The summed E-state index contributed by atoms with van der Waals surface area (Å²) >= 11 is 3.31. The molecule has 2 amide bonds. The zero-order valence-corrected chi connectivity index (χ0v) is 20.7. The van der Waals surface area contributed by atoms with E-state index < -0.39 is 12.1 Å². The van der Waals surface area contributed by atoms with Crippen LogP contribution in [0.3, 0.4) is 0 Å². The van der Waals surface area contributed by atoms with Crippen molar-refractivity contribution in [3.8, 4) is 11.1 Å². The van der Waals surface area contributed by atoms with Gasteiger partial charge in [0.25, 0.3) is 0 Å². The molecule has 8 heteroatoms. The van der Waals surface area contributed by atoms with E-state index in [1.165, 1.54) is 12.1 Å². The first-order valence-corrected chi connectivity index (χ1v) is 12.0. The summed E-state index contributed by atoms with van der Waals surface area (Å²) < 4.78 is 6.11. The van der Waals surface area contributed by atoms with Gasteiger partial charge in [0.15, 0.2) is 0 Å². The molecular formula is C27H25BrN2O5. The largest absolute Gasteiger partial charge is 0.478 e. The molecule has 0 bridgehead atoms. The minimum absolute atomic E-state index is 0.0173. The van der Waals surface area contributed by atoms with Crippen molar-refractivity contribution in [2.24, 2.45) is 5.92 Å². The summed E-state index contributed by atoms with van der Waals surface area (Å²) in [6.45, 7) is 2.33. The number of benzene rings is 3. The molecule has 3 aromatic carbocycles. The summed E-state index contributed by atoms with van der Waals surface area (Å²) in [5, 5.41) is 14.6. The standard InChI is InChI=1S/C27H25BrN2O5/c1-16(12-25(31)30-24-13-17(26(32)33)10-11-23(24)28)14-29-27(34)35-15-22-20-8-4-2-6-18(20)19-7-3-5-9-21(19)22/h2-11,13,16,22H,12,14-15H2,1H3,(H,29,34)(H,30,31)(H,32,33). The van der Waals surface area contributed by atoms with E-state index >= 15 is 0 Å². The van der Waals surface area contributed by atoms with Gasteiger partial charge in [0.1, 0.15) is 6.61 Å². The zero-order valence-electron chi connectivity index (χ0n) is 19.1. The molecule has 0 fully saturated rings. The first-order valence-electron chi connectivity index (χ1n) is 11.2. The number of hydrogen-bond acceptors (Lipinski definition) is 4. The van der Waals surface area contributed by atoms with Crippen molar-refractivity contribution in [1.29, 1.82) is 0 Å². The quantitative estimate of drug-likeness (QED) is 0.345. The molecule has 3 N–H and O–H groups in total. The molecule has 1 atom stereocenters. The van der Waals surface area contributed by atoms with Crippen LogP contribution in [0.15, 0.2) is 71.2 Å². The number of anilines is 1. The number of aromatic carboxylic acids is 1. The molecule has 1 unspecified atom stereocenters. The van der Waals surface area contributed by atoms with Crippen LogP contribution >= 0.6 is 15.9 Å². The molecule has 0 saturated heterocycles. The highest BCUT2D eigenvalue weighted by Gasteiger charge is 2.29. The Kier molecular flexibility index (Phi) is 7.51. The normalized spacial score (nSPS) is 12.9. The van der Waals surface area contributed by atoms with Gasteiger partial charge in [-0.2, -0.15) is 0 Å². The lowest BCUT2D eigenvalue weighted by atomic mass is 9.98. The highest BCUT2D eigenvalue weighted by atomic mass is 79.9. The van der Waals surface area contributed by atoms with Crippen LogP contribution in [0.2, 0.25) is 0 Å². The van der Waals surface area contributed by atoms with Crippen molar-refractivity contribution in [2.45, 2.75) is 19.3 Å². The van der Waals surface area contributed by atoms with Crippen LogP contribution in [0.1, 0.15) is 40.7 Å². The number of carboxylic acid groups (broad SMARTS) is 1. The van der Waals surface area contributed by atoms with Crippen LogP contribution in [-0.4, -0.2) is 36.2 Å². The second kappa shape index (κ2) is 10.7. The molecular weight excluding hydrogens is 512 g/mol. The molecule has 1 aliphatic rings. The number of carbonyl (C=O) groups is 3. The molecule has 4 rings (SSSR count). The maximum absolute atomic E-state index is 12.4. The van der Waals surface area contributed by atoms with Gasteiger partial charge in [-0.1, -0.05) is 55.5 Å². The van der Waals surface area contributed by atoms with Gasteiger partial charge in [0.05, 0.1) is 11.3 Å². The van der Waals surface area contributed by atoms with Crippen molar-refractivity contribution < 1.29 is 24.2 Å². The maximum Gasteiger partial charge on any atom is 0.407 e. The third-order valence-electron chi connectivity index (χ3n) is 5.96. The van der Waals surface area contributed by atoms with E-state index in [4.69, 9.17) is 9.84 Å². The number of rotatable bonds is 8. The number of carboxylic acids is 1. The number of hydrogen-bond donors (Lipinski definition) is 3. The van der Waals surface area contributed by atoms with E-state index in [1.54, 1.807) is 6.07 Å². The van der Waals surface area contributed by atoms with Crippen LogP contribution in [0.25, 0.3) is 11.1 Å². The minimum atomic E-state index is -1.08. The number of carbonyl (C=O) groups excluding carboxylic acids is 2. The second-order valence-corrected chi connectivity index (χ2v) is 9.42. The molecule has 3 aromatic rings. The highest BCUT2D eigenvalue weighted by Crippen LogP contribution is 2.44. The lowest BCUT2D eigenvalue weighted by Gasteiger charge is -2.16. The SMILES string of the molecule is CC(CNC(=O)OCC1c2ccccc2-c2ccccc21)CC(=O)Nc1cc(C(=O)O)ccc1Br. The number of ether oxygens (including phenoxy) is 1. The Morgan fingerprint density at radius 3 is 2.26 bits per heavy atom. The summed E-state index contributed by atoms with van der Waals surface area (Å²) in [6, 6.07) is 20.7. The topological polar surface area (TPSA) is 105 Å². The van der Waals surface area contributed by atoms with Gasteiger partial charge in [-0.05, 0) is 62.3 Å². The smallest absolute Gasteiger partial charge is 0.407 e. The van der Waals surface area contributed by atoms with E-state index in [0.29, 0.717) is 10.2 Å². The molecule has 0 aromatic heterocycles. The van der Waals surface area contributed by atoms with Gasteiger partial charge in [-0.3, -0.25) is 4.79 Å². The lowest BCUT2D eigenvalue weighted by Crippen LogP contribution is -2.31. The first-order chi connectivity index (χ1) is 16.8. The second-order valence-electron chi connectivity index (χ2n) is 8.56.